The van der Waals surface area contributed by atoms with Gasteiger partial charge in [-0.2, -0.15) is 20.2 Å². The number of thioether (sulfide) groups is 2. The van der Waals surface area contributed by atoms with Gasteiger partial charge in [-0.05, 0) is 24.3 Å². The monoisotopic (exact) mass is 591 g/mol. The van der Waals surface area contributed by atoms with Crippen LogP contribution >= 0.6 is 23.5 Å². The number of rotatable bonds is 11. The van der Waals surface area contributed by atoms with Gasteiger partial charge in [-0.3, -0.25) is 14.2 Å². The topological polar surface area (TPSA) is 120 Å². The Kier molecular flexibility index (Phi) is 9.04. The van der Waals surface area contributed by atoms with E-state index in [-0.39, 0.29) is 10.3 Å². The van der Waals surface area contributed by atoms with E-state index in [1.165, 1.54) is 23.6 Å². The lowest BCUT2D eigenvalue weighted by molar-refractivity contribution is 0.0117. The number of H-pyrrole nitrogens is 1. The summed E-state index contributed by atoms with van der Waals surface area (Å²) in [4.78, 5) is 14.3. The van der Waals surface area contributed by atoms with Crippen LogP contribution in [0.1, 0.15) is 12.1 Å². The normalized spacial score (nSPS) is 19.3. The van der Waals surface area contributed by atoms with Crippen molar-refractivity contribution in [3.05, 3.63) is 48.3 Å². The summed E-state index contributed by atoms with van der Waals surface area (Å²) >= 11 is 3.46. The van der Waals surface area contributed by atoms with Gasteiger partial charge < -0.3 is 19.6 Å². The van der Waals surface area contributed by atoms with Crippen molar-refractivity contribution in [1.82, 2.24) is 14.9 Å². The molecule has 0 amide bonds. The number of aliphatic hydroxyl groups excluding tert-OH is 1. The summed E-state index contributed by atoms with van der Waals surface area (Å²) in [7, 11) is -0.767. The maximum Gasteiger partial charge on any atom is 0.281 e. The SMILES string of the molecule is COCCCOc1cc(N(C)S(=O)(=O)c2ccccn2)c2[nH]c(C3=NCC(C(O)N4CCSCC4)S3)cc2c1. The molecular weight excluding hydrogens is 559 g/mol. The van der Waals surface area contributed by atoms with Gasteiger partial charge in [0.25, 0.3) is 10.0 Å². The van der Waals surface area contributed by atoms with E-state index in [0.29, 0.717) is 43.1 Å². The highest BCUT2D eigenvalue weighted by Crippen LogP contribution is 2.37. The van der Waals surface area contributed by atoms with Crippen molar-refractivity contribution in [3.63, 3.8) is 0 Å². The van der Waals surface area contributed by atoms with E-state index in [4.69, 9.17) is 14.5 Å². The van der Waals surface area contributed by atoms with Crippen molar-refractivity contribution in [3.8, 4) is 5.75 Å². The van der Waals surface area contributed by atoms with Crippen LogP contribution in [0.4, 0.5) is 5.69 Å². The van der Waals surface area contributed by atoms with Crippen molar-refractivity contribution in [2.45, 2.75) is 22.9 Å². The minimum atomic E-state index is -3.92. The number of nitrogens with one attached hydrogen (secondary N) is 1. The minimum absolute atomic E-state index is 0.0393. The summed E-state index contributed by atoms with van der Waals surface area (Å²) in [6.07, 6.45) is 1.61. The predicted octanol–water partition coefficient (Wildman–Crippen LogP) is 3.03. The zero-order valence-corrected chi connectivity index (χ0v) is 24.4. The molecule has 2 aromatic heterocycles. The molecule has 1 aromatic carbocycles. The van der Waals surface area contributed by atoms with E-state index in [2.05, 4.69) is 14.9 Å². The Morgan fingerprint density at radius 3 is 2.79 bits per heavy atom. The van der Waals surface area contributed by atoms with Gasteiger partial charge in [0.15, 0.2) is 5.03 Å². The first-order chi connectivity index (χ1) is 18.9. The van der Waals surface area contributed by atoms with Crippen LogP contribution in [0.15, 0.2) is 52.6 Å². The van der Waals surface area contributed by atoms with Crippen molar-refractivity contribution < 1.29 is 23.0 Å². The highest BCUT2D eigenvalue weighted by molar-refractivity contribution is 8.15. The zero-order valence-electron chi connectivity index (χ0n) is 21.9. The highest BCUT2D eigenvalue weighted by atomic mass is 32.2. The molecule has 2 N–H and O–H groups in total. The summed E-state index contributed by atoms with van der Waals surface area (Å²) in [6, 6.07) is 10.4. The first-order valence-corrected chi connectivity index (χ1v) is 16.3. The Balaban J connectivity index is 1.44. The first-order valence-electron chi connectivity index (χ1n) is 12.8. The fraction of sp³-hybridized carbons (Fsp3) is 0.462. The summed E-state index contributed by atoms with van der Waals surface area (Å²) in [5.41, 5.74) is 1.87. The van der Waals surface area contributed by atoms with Gasteiger partial charge in [0.2, 0.25) is 0 Å². The molecule has 0 aliphatic carbocycles. The fourth-order valence-electron chi connectivity index (χ4n) is 4.58. The number of sulfonamides is 1. The molecule has 0 radical (unpaired) electrons. The number of methoxy groups -OCH3 is 1. The van der Waals surface area contributed by atoms with E-state index < -0.39 is 16.3 Å². The van der Waals surface area contributed by atoms with Crippen LogP contribution in [0, 0.1) is 0 Å². The maximum atomic E-state index is 13.4. The Bertz CT molecular complexity index is 1410. The smallest absolute Gasteiger partial charge is 0.281 e. The number of aliphatic hydroxyl groups is 1. The summed E-state index contributed by atoms with van der Waals surface area (Å²) in [6.45, 7) is 3.27. The molecule has 39 heavy (non-hydrogen) atoms. The van der Waals surface area contributed by atoms with Crippen LogP contribution in [0.5, 0.6) is 5.75 Å². The average Bonchev–Trinajstić information content (AvgIpc) is 3.63. The molecule has 1 fully saturated rings. The number of pyridine rings is 1. The fourth-order valence-corrected chi connectivity index (χ4v) is 7.75. The molecule has 0 saturated carbocycles. The summed E-state index contributed by atoms with van der Waals surface area (Å²) in [5, 5.41) is 12.5. The van der Waals surface area contributed by atoms with Gasteiger partial charge >= 0.3 is 0 Å². The summed E-state index contributed by atoms with van der Waals surface area (Å²) < 4.78 is 39.2. The van der Waals surface area contributed by atoms with Crippen LogP contribution in [-0.2, 0) is 14.8 Å². The number of nitrogens with zero attached hydrogens (tertiary/aromatic N) is 4. The quantitative estimate of drug-likeness (QED) is 0.324. The molecule has 210 valence electrons. The number of hydrogen-bond acceptors (Lipinski definition) is 10. The number of anilines is 1. The number of aromatic amines is 1. The van der Waals surface area contributed by atoms with Crippen LogP contribution in [0.2, 0.25) is 0 Å². The largest absolute Gasteiger partial charge is 0.493 e. The van der Waals surface area contributed by atoms with Crippen molar-refractivity contribution >= 4 is 55.2 Å². The van der Waals surface area contributed by atoms with E-state index in [9.17, 15) is 13.5 Å². The van der Waals surface area contributed by atoms with Gasteiger partial charge in [0.1, 0.15) is 17.0 Å². The van der Waals surface area contributed by atoms with Crippen LogP contribution in [0.3, 0.4) is 0 Å². The maximum absolute atomic E-state index is 13.4. The molecule has 13 heteroatoms. The molecule has 2 atom stereocenters. The van der Waals surface area contributed by atoms with Crippen LogP contribution in [-0.4, -0.2) is 103 Å². The van der Waals surface area contributed by atoms with Crippen LogP contribution < -0.4 is 9.04 Å². The van der Waals surface area contributed by atoms with Crippen molar-refractivity contribution in [2.24, 2.45) is 4.99 Å². The molecule has 2 aliphatic heterocycles. The molecule has 5 rings (SSSR count). The number of ether oxygens (including phenoxy) is 2. The number of aromatic nitrogens is 2. The second-order valence-corrected chi connectivity index (χ2v) is 13.7. The zero-order chi connectivity index (χ0) is 27.4. The molecule has 0 spiro atoms. The van der Waals surface area contributed by atoms with Gasteiger partial charge in [-0.15, -0.1) is 0 Å². The van der Waals surface area contributed by atoms with Crippen LogP contribution in [0.25, 0.3) is 10.9 Å². The Hall–Kier alpha value is -2.29. The molecule has 4 heterocycles. The van der Waals surface area contributed by atoms with E-state index in [0.717, 1.165) is 40.7 Å². The van der Waals surface area contributed by atoms with E-state index in [1.54, 1.807) is 37.1 Å². The van der Waals surface area contributed by atoms with Gasteiger partial charge in [-0.1, -0.05) is 17.8 Å². The van der Waals surface area contributed by atoms with E-state index in [1.807, 2.05) is 23.9 Å². The third-order valence-corrected chi connectivity index (χ3v) is 10.6. The van der Waals surface area contributed by atoms with Crippen molar-refractivity contribution in [1.29, 1.82) is 0 Å². The molecule has 0 bridgehead atoms. The van der Waals surface area contributed by atoms with Crippen molar-refractivity contribution in [2.75, 3.05) is 62.8 Å². The summed E-state index contributed by atoms with van der Waals surface area (Å²) in [5.74, 6) is 2.61. The Labute approximate surface area is 237 Å². The highest BCUT2D eigenvalue weighted by Gasteiger charge is 2.33. The molecule has 2 unspecified atom stereocenters. The first kappa shape index (κ1) is 28.2. The predicted molar refractivity (Wildman–Crippen MR) is 158 cm³/mol. The number of fused-ring (bicyclic) bond motifs is 1. The third kappa shape index (κ3) is 6.23. The second kappa shape index (κ2) is 12.5. The lowest BCUT2D eigenvalue weighted by Crippen LogP contribution is -2.46. The third-order valence-electron chi connectivity index (χ3n) is 6.71. The Morgan fingerprint density at radius 2 is 2.05 bits per heavy atom. The number of hydrogen-bond donors (Lipinski definition) is 2. The number of benzene rings is 1. The second-order valence-electron chi connectivity index (χ2n) is 9.29. The molecule has 2 aliphatic rings. The minimum Gasteiger partial charge on any atom is -0.493 e. The standard InChI is InChI=1S/C26H33N5O5S3/c1-30(39(33,34)23-6-3-4-7-27-23)21-16-19(36-11-5-10-35-2)14-18-15-20(29-24(18)21)25-28-17-22(38-25)26(32)31-8-12-37-13-9-31/h3-4,6-7,14-16,22,26,29,32H,5,8-13,17H2,1-2H3. The molecule has 3 aromatic rings. The van der Waals surface area contributed by atoms with Gasteiger partial charge in [-0.25, -0.2) is 4.98 Å². The van der Waals surface area contributed by atoms with Gasteiger partial charge in [0, 0.05) is 69.4 Å². The van der Waals surface area contributed by atoms with Gasteiger partial charge in [0.05, 0.1) is 35.3 Å². The lowest BCUT2D eigenvalue weighted by atomic mass is 10.2. The molecule has 1 saturated heterocycles. The Morgan fingerprint density at radius 1 is 1.23 bits per heavy atom. The lowest BCUT2D eigenvalue weighted by Gasteiger charge is -2.33. The number of aliphatic imine (C=N–C) groups is 1. The molecular formula is C26H33N5O5S3. The van der Waals surface area contributed by atoms with E-state index >= 15 is 0 Å². The molecule has 10 nitrogen and oxygen atoms in total. The average molecular weight is 592 g/mol.